The number of nitrogens with one attached hydrogen (secondary N) is 1. The average molecular weight is 491 g/mol. The molecule has 0 atom stereocenters. The fraction of sp³-hybridized carbons (Fsp3) is 0.684. The Balaban J connectivity index is 0.00000364. The summed E-state index contributed by atoms with van der Waals surface area (Å²) in [6.45, 7) is 10.9. The number of rotatable bonds is 8. The Labute approximate surface area is 180 Å². The number of carbonyl (C=O) groups excluding carboxylic acids is 1. The van der Waals surface area contributed by atoms with Crippen molar-refractivity contribution in [3.05, 3.63) is 24.2 Å². The molecule has 8 heteroatoms. The van der Waals surface area contributed by atoms with Crippen LogP contribution in [0.5, 0.6) is 0 Å². The lowest BCUT2D eigenvalue weighted by atomic mass is 10.3. The van der Waals surface area contributed by atoms with Crippen molar-refractivity contribution in [3.63, 3.8) is 0 Å². The molecular formula is C19H34IN5O2. The number of carbonyl (C=O) groups is 1. The van der Waals surface area contributed by atoms with Crippen LogP contribution in [-0.4, -0.2) is 86.0 Å². The van der Waals surface area contributed by atoms with E-state index in [0.29, 0.717) is 18.8 Å². The van der Waals surface area contributed by atoms with Crippen LogP contribution in [0.15, 0.2) is 27.8 Å². The van der Waals surface area contributed by atoms with Gasteiger partial charge in [0.1, 0.15) is 0 Å². The van der Waals surface area contributed by atoms with Crippen molar-refractivity contribution in [2.75, 3.05) is 59.4 Å². The van der Waals surface area contributed by atoms with Crippen LogP contribution in [0, 0.1) is 0 Å². The van der Waals surface area contributed by atoms with Crippen LogP contribution >= 0.6 is 24.0 Å². The van der Waals surface area contributed by atoms with Crippen molar-refractivity contribution in [2.45, 2.75) is 26.7 Å². The van der Waals surface area contributed by atoms with Gasteiger partial charge in [-0.15, -0.1) is 24.0 Å². The molecule has 7 nitrogen and oxygen atoms in total. The van der Waals surface area contributed by atoms with Gasteiger partial charge in [0.2, 0.25) is 0 Å². The van der Waals surface area contributed by atoms with E-state index in [1.165, 1.54) is 19.1 Å². The summed E-state index contributed by atoms with van der Waals surface area (Å²) >= 11 is 0. The summed E-state index contributed by atoms with van der Waals surface area (Å²) in [7, 11) is 2.15. The second-order valence-electron chi connectivity index (χ2n) is 6.65. The summed E-state index contributed by atoms with van der Waals surface area (Å²) in [6, 6.07) is 3.46. The molecule has 1 aromatic rings. The van der Waals surface area contributed by atoms with Crippen LogP contribution in [0.25, 0.3) is 0 Å². The smallest absolute Gasteiger partial charge is 0.289 e. The molecule has 1 aliphatic rings. The Hall–Kier alpha value is -1.29. The van der Waals surface area contributed by atoms with Crippen molar-refractivity contribution in [2.24, 2.45) is 4.99 Å². The van der Waals surface area contributed by atoms with Gasteiger partial charge in [-0.25, -0.2) is 0 Å². The van der Waals surface area contributed by atoms with Gasteiger partial charge in [0, 0.05) is 39.3 Å². The summed E-state index contributed by atoms with van der Waals surface area (Å²) in [6.07, 6.45) is 3.99. The number of amides is 1. The van der Waals surface area contributed by atoms with Crippen LogP contribution < -0.4 is 5.32 Å². The van der Waals surface area contributed by atoms with Gasteiger partial charge in [-0.1, -0.05) is 13.3 Å². The standard InChI is InChI=1S/C19H33N5O2.HI/c1-4-6-10-22(3)11-9-21-19(20-5-2)24-14-12-23(13-15-24)18(25)17-8-7-16-26-17;/h7-8,16H,4-6,9-15H2,1-3H3,(H,20,21);1H. The lowest BCUT2D eigenvalue weighted by Crippen LogP contribution is -2.53. The first-order valence-corrected chi connectivity index (χ1v) is 9.70. The molecule has 2 heterocycles. The first-order valence-electron chi connectivity index (χ1n) is 9.70. The molecule has 1 N–H and O–H groups in total. The van der Waals surface area contributed by atoms with Crippen LogP contribution in [0.3, 0.4) is 0 Å². The minimum atomic E-state index is -0.0332. The fourth-order valence-electron chi connectivity index (χ4n) is 2.97. The van der Waals surface area contributed by atoms with E-state index in [1.807, 2.05) is 4.90 Å². The Morgan fingerprint density at radius 2 is 1.93 bits per heavy atom. The monoisotopic (exact) mass is 491 g/mol. The van der Waals surface area contributed by atoms with Gasteiger partial charge in [-0.2, -0.15) is 0 Å². The third-order valence-corrected chi connectivity index (χ3v) is 4.57. The number of nitrogens with zero attached hydrogens (tertiary/aromatic N) is 4. The van der Waals surface area contributed by atoms with Crippen LogP contribution in [0.4, 0.5) is 0 Å². The molecule has 1 aliphatic heterocycles. The fourth-order valence-corrected chi connectivity index (χ4v) is 2.97. The van der Waals surface area contributed by atoms with E-state index in [9.17, 15) is 4.79 Å². The van der Waals surface area contributed by atoms with Crippen molar-refractivity contribution in [1.29, 1.82) is 0 Å². The highest BCUT2D eigenvalue weighted by Crippen LogP contribution is 2.09. The molecule has 0 aliphatic carbocycles. The Morgan fingerprint density at radius 3 is 2.52 bits per heavy atom. The van der Waals surface area contributed by atoms with Gasteiger partial charge < -0.3 is 24.4 Å². The highest BCUT2D eigenvalue weighted by Gasteiger charge is 2.25. The number of aliphatic imine (C=N–C) groups is 1. The van der Waals surface area contributed by atoms with Gasteiger partial charge in [-0.05, 0) is 39.1 Å². The van der Waals surface area contributed by atoms with E-state index in [4.69, 9.17) is 9.41 Å². The number of hydrogen-bond acceptors (Lipinski definition) is 4. The number of piperazine rings is 1. The summed E-state index contributed by atoms with van der Waals surface area (Å²) < 4.78 is 5.22. The third kappa shape index (κ3) is 7.69. The van der Waals surface area contributed by atoms with E-state index in [1.54, 1.807) is 12.1 Å². The minimum Gasteiger partial charge on any atom is -0.459 e. The lowest BCUT2D eigenvalue weighted by Gasteiger charge is -2.36. The van der Waals surface area contributed by atoms with E-state index in [0.717, 1.165) is 45.2 Å². The lowest BCUT2D eigenvalue weighted by molar-refractivity contribution is 0.0657. The molecule has 27 heavy (non-hydrogen) atoms. The summed E-state index contributed by atoms with van der Waals surface area (Å²) in [4.78, 5) is 23.5. The number of halogens is 1. The maximum atomic E-state index is 12.4. The van der Waals surface area contributed by atoms with Crippen molar-refractivity contribution in [3.8, 4) is 0 Å². The Bertz CT molecular complexity index is 556. The van der Waals surface area contributed by atoms with E-state index >= 15 is 0 Å². The zero-order valence-electron chi connectivity index (χ0n) is 16.8. The molecule has 0 unspecified atom stereocenters. The number of guanidine groups is 1. The highest BCUT2D eigenvalue weighted by atomic mass is 127. The molecule has 0 aromatic carbocycles. The average Bonchev–Trinajstić information content (AvgIpc) is 3.20. The normalized spacial score (nSPS) is 15.0. The van der Waals surface area contributed by atoms with E-state index < -0.39 is 0 Å². The summed E-state index contributed by atoms with van der Waals surface area (Å²) in [5, 5.41) is 3.38. The summed E-state index contributed by atoms with van der Waals surface area (Å²) in [5.74, 6) is 1.32. The first-order chi connectivity index (χ1) is 12.7. The zero-order valence-corrected chi connectivity index (χ0v) is 19.1. The van der Waals surface area contributed by atoms with Gasteiger partial charge in [0.05, 0.1) is 12.8 Å². The maximum Gasteiger partial charge on any atom is 0.289 e. The molecule has 0 saturated carbocycles. The van der Waals surface area contributed by atoms with E-state index in [-0.39, 0.29) is 29.9 Å². The molecule has 154 valence electrons. The molecule has 1 fully saturated rings. The molecule has 1 saturated heterocycles. The largest absolute Gasteiger partial charge is 0.459 e. The SMILES string of the molecule is CCCCN(C)CCN=C(NCC)N1CCN(C(=O)c2ccco2)CC1.I. The van der Waals surface area contributed by atoms with Gasteiger partial charge in [0.25, 0.3) is 5.91 Å². The second kappa shape index (κ2) is 13.0. The van der Waals surface area contributed by atoms with Gasteiger partial charge in [0.15, 0.2) is 11.7 Å². The molecule has 2 rings (SSSR count). The highest BCUT2D eigenvalue weighted by molar-refractivity contribution is 14.0. The molecule has 0 spiro atoms. The van der Waals surface area contributed by atoms with Crippen LogP contribution in [0.2, 0.25) is 0 Å². The molecule has 0 radical (unpaired) electrons. The zero-order chi connectivity index (χ0) is 18.8. The van der Waals surface area contributed by atoms with Gasteiger partial charge >= 0.3 is 0 Å². The van der Waals surface area contributed by atoms with Crippen LogP contribution in [0.1, 0.15) is 37.2 Å². The van der Waals surface area contributed by atoms with Crippen molar-refractivity contribution < 1.29 is 9.21 Å². The quantitative estimate of drug-likeness (QED) is 0.344. The topological polar surface area (TPSA) is 64.3 Å². The number of hydrogen-bond donors (Lipinski definition) is 1. The Kier molecular flexibility index (Phi) is 11.4. The summed E-state index contributed by atoms with van der Waals surface area (Å²) in [5.41, 5.74) is 0. The second-order valence-corrected chi connectivity index (χ2v) is 6.65. The maximum absolute atomic E-state index is 12.4. The number of unbranched alkanes of at least 4 members (excludes halogenated alkanes) is 1. The van der Waals surface area contributed by atoms with Crippen molar-refractivity contribution in [1.82, 2.24) is 20.0 Å². The van der Waals surface area contributed by atoms with Crippen LogP contribution in [-0.2, 0) is 0 Å². The number of furan rings is 1. The Morgan fingerprint density at radius 1 is 1.22 bits per heavy atom. The van der Waals surface area contributed by atoms with Gasteiger partial charge in [-0.3, -0.25) is 9.79 Å². The first kappa shape index (κ1) is 23.7. The van der Waals surface area contributed by atoms with E-state index in [2.05, 4.69) is 36.0 Å². The third-order valence-electron chi connectivity index (χ3n) is 4.57. The minimum absolute atomic E-state index is 0. The van der Waals surface area contributed by atoms with Crippen molar-refractivity contribution >= 4 is 35.8 Å². The predicted molar refractivity (Wildman–Crippen MR) is 120 cm³/mol. The molecule has 0 bridgehead atoms. The number of likely N-dealkylation sites (N-methyl/N-ethyl adjacent to an activating group) is 1. The molecule has 1 amide bonds. The predicted octanol–water partition coefficient (Wildman–Crippen LogP) is 2.35. The molecule has 1 aromatic heterocycles. The molecular weight excluding hydrogens is 457 g/mol.